The van der Waals surface area contributed by atoms with E-state index in [0.717, 1.165) is 25.1 Å². The first-order chi connectivity index (χ1) is 10.8. The Kier molecular flexibility index (Phi) is 5.68. The molecule has 1 aromatic rings. The lowest BCUT2D eigenvalue weighted by atomic mass is 9.92. The third kappa shape index (κ3) is 4.70. The predicted molar refractivity (Wildman–Crippen MR) is 90.9 cm³/mol. The number of piperidine rings is 1. The summed E-state index contributed by atoms with van der Waals surface area (Å²) in [6.07, 6.45) is 1.16. The second-order valence-corrected chi connectivity index (χ2v) is 8.84. The van der Waals surface area contributed by atoms with Gasteiger partial charge < -0.3 is 10.2 Å². The third-order valence-electron chi connectivity index (χ3n) is 4.26. The summed E-state index contributed by atoms with van der Waals surface area (Å²) in [5.41, 5.74) is 0.895. The highest BCUT2D eigenvalue weighted by Crippen LogP contribution is 2.21. The van der Waals surface area contributed by atoms with Crippen LogP contribution in [0.4, 0.5) is 4.79 Å². The number of benzene rings is 1. The Bertz CT molecular complexity index is 630. The average molecular weight is 338 g/mol. The van der Waals surface area contributed by atoms with E-state index < -0.39 is 9.84 Å². The maximum absolute atomic E-state index is 12.3. The third-order valence-corrected chi connectivity index (χ3v) is 6.01. The number of sulfone groups is 1. The van der Waals surface area contributed by atoms with Gasteiger partial charge in [-0.3, -0.25) is 0 Å². The number of carbonyl (C=O) groups excluding carboxylic acids is 1. The summed E-state index contributed by atoms with van der Waals surface area (Å²) in [6.45, 7) is 7.97. The topological polar surface area (TPSA) is 66.5 Å². The Labute approximate surface area is 139 Å². The summed E-state index contributed by atoms with van der Waals surface area (Å²) in [6, 6.07) is 6.67. The van der Waals surface area contributed by atoms with Gasteiger partial charge in [-0.05, 0) is 36.0 Å². The van der Waals surface area contributed by atoms with Gasteiger partial charge in [0, 0.05) is 19.6 Å². The van der Waals surface area contributed by atoms with E-state index in [4.69, 9.17) is 0 Å². The number of rotatable bonds is 4. The maximum atomic E-state index is 12.3. The Hall–Kier alpha value is -1.56. The van der Waals surface area contributed by atoms with Gasteiger partial charge in [-0.25, -0.2) is 13.2 Å². The zero-order valence-electron chi connectivity index (χ0n) is 14.1. The molecule has 0 saturated carbocycles. The van der Waals surface area contributed by atoms with Crippen molar-refractivity contribution in [1.29, 1.82) is 0 Å². The molecule has 6 heteroatoms. The smallest absolute Gasteiger partial charge is 0.317 e. The van der Waals surface area contributed by atoms with Gasteiger partial charge in [0.25, 0.3) is 0 Å². The van der Waals surface area contributed by atoms with Gasteiger partial charge >= 0.3 is 6.03 Å². The van der Waals surface area contributed by atoms with Crippen LogP contribution in [0.1, 0.15) is 32.8 Å². The first-order valence-corrected chi connectivity index (χ1v) is 9.81. The lowest BCUT2D eigenvalue weighted by Crippen LogP contribution is -2.47. The van der Waals surface area contributed by atoms with Crippen LogP contribution >= 0.6 is 0 Å². The largest absolute Gasteiger partial charge is 0.334 e. The molecule has 2 rings (SSSR count). The van der Waals surface area contributed by atoms with E-state index in [2.05, 4.69) is 19.2 Å². The SMILES string of the molecule is CCS(=O)(=O)c1ccc(CNC(=O)N2CC(C)CC(C)C2)cc1. The van der Waals surface area contributed by atoms with E-state index in [0.29, 0.717) is 23.3 Å². The Balaban J connectivity index is 1.92. The maximum Gasteiger partial charge on any atom is 0.317 e. The van der Waals surface area contributed by atoms with E-state index in [1.165, 1.54) is 0 Å². The highest BCUT2D eigenvalue weighted by atomic mass is 32.2. The second-order valence-electron chi connectivity index (χ2n) is 6.56. The molecule has 2 unspecified atom stereocenters. The molecule has 0 aromatic heterocycles. The predicted octanol–water partition coefficient (Wildman–Crippen LogP) is 2.67. The molecule has 128 valence electrons. The lowest BCUT2D eigenvalue weighted by molar-refractivity contribution is 0.146. The molecule has 1 aliphatic rings. The summed E-state index contributed by atoms with van der Waals surface area (Å²) >= 11 is 0. The van der Waals surface area contributed by atoms with Crippen LogP contribution < -0.4 is 5.32 Å². The van der Waals surface area contributed by atoms with Gasteiger partial charge in [-0.1, -0.05) is 32.9 Å². The van der Waals surface area contributed by atoms with Crippen LogP contribution in [0.15, 0.2) is 29.2 Å². The molecule has 1 fully saturated rings. The number of amides is 2. The molecule has 23 heavy (non-hydrogen) atoms. The van der Waals surface area contributed by atoms with Gasteiger partial charge in [0.05, 0.1) is 10.6 Å². The molecule has 1 N–H and O–H groups in total. The van der Waals surface area contributed by atoms with Crippen molar-refractivity contribution in [3.63, 3.8) is 0 Å². The molecule has 0 radical (unpaired) electrons. The quantitative estimate of drug-likeness (QED) is 0.918. The van der Waals surface area contributed by atoms with Crippen molar-refractivity contribution in [3.05, 3.63) is 29.8 Å². The molecular formula is C17H26N2O3S. The molecule has 1 heterocycles. The summed E-state index contributed by atoms with van der Waals surface area (Å²) < 4.78 is 23.5. The number of hydrogen-bond donors (Lipinski definition) is 1. The van der Waals surface area contributed by atoms with Crippen molar-refractivity contribution >= 4 is 15.9 Å². The van der Waals surface area contributed by atoms with Crippen LogP contribution in [-0.2, 0) is 16.4 Å². The van der Waals surface area contributed by atoms with Crippen LogP contribution in [0.25, 0.3) is 0 Å². The zero-order valence-corrected chi connectivity index (χ0v) is 14.9. The number of carbonyl (C=O) groups is 1. The summed E-state index contributed by atoms with van der Waals surface area (Å²) in [5.74, 6) is 1.15. The molecule has 2 amide bonds. The lowest BCUT2D eigenvalue weighted by Gasteiger charge is -2.34. The fourth-order valence-corrected chi connectivity index (χ4v) is 3.98. The van der Waals surface area contributed by atoms with E-state index in [1.54, 1.807) is 31.2 Å². The minimum absolute atomic E-state index is 0.0475. The van der Waals surface area contributed by atoms with Gasteiger partial charge in [-0.2, -0.15) is 0 Å². The van der Waals surface area contributed by atoms with Crippen molar-refractivity contribution in [3.8, 4) is 0 Å². The molecule has 0 spiro atoms. The Morgan fingerprint density at radius 2 is 1.74 bits per heavy atom. The second kappa shape index (κ2) is 7.34. The highest BCUT2D eigenvalue weighted by molar-refractivity contribution is 7.91. The van der Waals surface area contributed by atoms with Crippen molar-refractivity contribution < 1.29 is 13.2 Å². The van der Waals surface area contributed by atoms with Crippen LogP contribution in [0.3, 0.4) is 0 Å². The summed E-state index contributed by atoms with van der Waals surface area (Å²) in [4.78, 5) is 14.5. The van der Waals surface area contributed by atoms with Crippen LogP contribution in [-0.4, -0.2) is 38.2 Å². The number of nitrogens with one attached hydrogen (secondary N) is 1. The molecular weight excluding hydrogens is 312 g/mol. The van der Waals surface area contributed by atoms with Crippen LogP contribution in [0, 0.1) is 11.8 Å². The average Bonchev–Trinajstić information content (AvgIpc) is 2.52. The highest BCUT2D eigenvalue weighted by Gasteiger charge is 2.25. The molecule has 0 bridgehead atoms. The monoisotopic (exact) mass is 338 g/mol. The molecule has 1 aliphatic heterocycles. The van der Waals surface area contributed by atoms with Crippen molar-refractivity contribution in [2.24, 2.45) is 11.8 Å². The summed E-state index contributed by atoms with van der Waals surface area (Å²) in [5, 5.41) is 2.92. The van der Waals surface area contributed by atoms with Crippen LogP contribution in [0.2, 0.25) is 0 Å². The standard InChI is InChI=1S/C17H26N2O3S/c1-4-23(21,22)16-7-5-15(6-8-16)10-18-17(20)19-11-13(2)9-14(3)12-19/h5-8,13-14H,4,9-12H2,1-3H3,(H,18,20). The number of likely N-dealkylation sites (tertiary alicyclic amines) is 1. The minimum atomic E-state index is -3.17. The molecule has 1 aromatic carbocycles. The summed E-state index contributed by atoms with van der Waals surface area (Å²) in [7, 11) is -3.17. The van der Waals surface area contributed by atoms with Crippen molar-refractivity contribution in [2.45, 2.75) is 38.6 Å². The fraction of sp³-hybridized carbons (Fsp3) is 0.588. The van der Waals surface area contributed by atoms with E-state index in [-0.39, 0.29) is 11.8 Å². The molecule has 5 nitrogen and oxygen atoms in total. The normalized spacial score (nSPS) is 22.0. The van der Waals surface area contributed by atoms with Gasteiger partial charge in [0.2, 0.25) is 0 Å². The molecule has 0 aliphatic carbocycles. The molecule has 2 atom stereocenters. The van der Waals surface area contributed by atoms with E-state index >= 15 is 0 Å². The first kappa shape index (κ1) is 17.8. The fourth-order valence-electron chi connectivity index (χ4n) is 3.10. The van der Waals surface area contributed by atoms with Gasteiger partial charge in [0.1, 0.15) is 0 Å². The molecule has 1 saturated heterocycles. The minimum Gasteiger partial charge on any atom is -0.334 e. The Morgan fingerprint density at radius 3 is 2.26 bits per heavy atom. The Morgan fingerprint density at radius 1 is 1.17 bits per heavy atom. The first-order valence-electron chi connectivity index (χ1n) is 8.16. The van der Waals surface area contributed by atoms with Gasteiger partial charge in [-0.15, -0.1) is 0 Å². The van der Waals surface area contributed by atoms with Crippen LogP contribution in [0.5, 0.6) is 0 Å². The van der Waals surface area contributed by atoms with E-state index in [1.807, 2.05) is 4.90 Å². The van der Waals surface area contributed by atoms with Gasteiger partial charge in [0.15, 0.2) is 9.84 Å². The number of nitrogens with zero attached hydrogens (tertiary/aromatic N) is 1. The van der Waals surface area contributed by atoms with Crippen molar-refractivity contribution in [1.82, 2.24) is 10.2 Å². The zero-order chi connectivity index (χ0) is 17.0. The number of hydrogen-bond acceptors (Lipinski definition) is 3. The number of urea groups is 1. The van der Waals surface area contributed by atoms with Crippen molar-refractivity contribution in [2.75, 3.05) is 18.8 Å². The van der Waals surface area contributed by atoms with E-state index in [9.17, 15) is 13.2 Å².